The van der Waals surface area contributed by atoms with E-state index < -0.39 is 0 Å². The van der Waals surface area contributed by atoms with Gasteiger partial charge in [-0.2, -0.15) is 0 Å². The number of para-hydroxylation sites is 1. The lowest BCUT2D eigenvalue weighted by atomic mass is 10.2. The number of hydrogen-bond donors (Lipinski definition) is 1. The first-order valence-electron chi connectivity index (χ1n) is 10.4. The Labute approximate surface area is 186 Å². The number of piperazine rings is 1. The van der Waals surface area contributed by atoms with Crippen LogP contribution in [0.25, 0.3) is 10.2 Å². The fourth-order valence-corrected chi connectivity index (χ4v) is 4.87. The fourth-order valence-electron chi connectivity index (χ4n) is 3.78. The molecule has 0 radical (unpaired) electrons. The van der Waals surface area contributed by atoms with Gasteiger partial charge in [0.25, 0.3) is 5.91 Å². The molecule has 0 bridgehead atoms. The highest BCUT2D eigenvalue weighted by Crippen LogP contribution is 2.31. The molecular formula is C23H28N4O3S. The minimum absolute atomic E-state index is 0.107. The molecule has 2 heterocycles. The van der Waals surface area contributed by atoms with E-state index in [1.54, 1.807) is 43.8 Å². The average Bonchev–Trinajstić information content (AvgIpc) is 3.24. The minimum atomic E-state index is -0.107. The van der Waals surface area contributed by atoms with E-state index in [4.69, 9.17) is 14.5 Å². The Kier molecular flexibility index (Phi) is 6.58. The normalized spacial score (nSPS) is 14.6. The van der Waals surface area contributed by atoms with Crippen LogP contribution in [0.2, 0.25) is 0 Å². The molecule has 1 N–H and O–H groups in total. The van der Waals surface area contributed by atoms with Crippen LogP contribution in [0.3, 0.4) is 0 Å². The zero-order chi connectivity index (χ0) is 21.8. The third-order valence-electron chi connectivity index (χ3n) is 5.61. The highest BCUT2D eigenvalue weighted by atomic mass is 32.1. The molecule has 3 aromatic rings. The van der Waals surface area contributed by atoms with Gasteiger partial charge in [0.2, 0.25) is 0 Å². The lowest BCUT2D eigenvalue weighted by Gasteiger charge is -2.34. The van der Waals surface area contributed by atoms with Crippen molar-refractivity contribution in [2.75, 3.05) is 58.4 Å². The number of amides is 1. The SMILES string of the molecule is COc1ccc(C(=O)NCCN2CCN(c3nc4c(C)cccc4s3)CC2)cc1OC. The van der Waals surface area contributed by atoms with Crippen LogP contribution in [0.1, 0.15) is 15.9 Å². The van der Waals surface area contributed by atoms with Gasteiger partial charge in [0.1, 0.15) is 0 Å². The van der Waals surface area contributed by atoms with Crippen LogP contribution in [0.5, 0.6) is 11.5 Å². The van der Waals surface area contributed by atoms with Crippen molar-refractivity contribution in [2.24, 2.45) is 0 Å². The number of nitrogens with zero attached hydrogens (tertiary/aromatic N) is 3. The summed E-state index contributed by atoms with van der Waals surface area (Å²) >= 11 is 1.76. The second-order valence-corrected chi connectivity index (χ2v) is 8.58. The third-order valence-corrected chi connectivity index (χ3v) is 6.69. The Morgan fingerprint density at radius 3 is 2.58 bits per heavy atom. The van der Waals surface area contributed by atoms with Gasteiger partial charge in [0.05, 0.1) is 24.4 Å². The Morgan fingerprint density at radius 1 is 1.10 bits per heavy atom. The molecule has 0 spiro atoms. The molecule has 0 saturated carbocycles. The highest BCUT2D eigenvalue weighted by molar-refractivity contribution is 7.22. The molecule has 8 heteroatoms. The predicted molar refractivity (Wildman–Crippen MR) is 125 cm³/mol. The summed E-state index contributed by atoms with van der Waals surface area (Å²) in [5.41, 5.74) is 2.90. The largest absolute Gasteiger partial charge is 0.493 e. The van der Waals surface area contributed by atoms with Gasteiger partial charge in [0, 0.05) is 44.8 Å². The topological polar surface area (TPSA) is 66.9 Å². The number of rotatable bonds is 7. The Bertz CT molecular complexity index is 1060. The van der Waals surface area contributed by atoms with Crippen molar-refractivity contribution in [3.8, 4) is 11.5 Å². The summed E-state index contributed by atoms with van der Waals surface area (Å²) in [6, 6.07) is 11.5. The van der Waals surface area contributed by atoms with E-state index in [1.807, 2.05) is 0 Å². The summed E-state index contributed by atoms with van der Waals surface area (Å²) in [7, 11) is 3.14. The van der Waals surface area contributed by atoms with Crippen LogP contribution in [0, 0.1) is 6.92 Å². The zero-order valence-corrected chi connectivity index (χ0v) is 19.0. The van der Waals surface area contributed by atoms with Crippen LogP contribution in [0.15, 0.2) is 36.4 Å². The van der Waals surface area contributed by atoms with E-state index in [2.05, 4.69) is 40.2 Å². The smallest absolute Gasteiger partial charge is 0.251 e. The van der Waals surface area contributed by atoms with Crippen molar-refractivity contribution in [3.05, 3.63) is 47.5 Å². The van der Waals surface area contributed by atoms with E-state index in [-0.39, 0.29) is 5.91 Å². The molecular weight excluding hydrogens is 412 g/mol. The lowest BCUT2D eigenvalue weighted by molar-refractivity contribution is 0.0947. The van der Waals surface area contributed by atoms with Crippen molar-refractivity contribution in [1.82, 2.24) is 15.2 Å². The summed E-state index contributed by atoms with van der Waals surface area (Å²) in [6.45, 7) is 7.35. The summed E-state index contributed by atoms with van der Waals surface area (Å²) in [5.74, 6) is 1.06. The molecule has 1 saturated heterocycles. The van der Waals surface area contributed by atoms with E-state index in [0.29, 0.717) is 23.6 Å². The minimum Gasteiger partial charge on any atom is -0.493 e. The maximum Gasteiger partial charge on any atom is 0.251 e. The van der Waals surface area contributed by atoms with Crippen LogP contribution in [0.4, 0.5) is 5.13 Å². The van der Waals surface area contributed by atoms with Gasteiger partial charge in [-0.25, -0.2) is 4.98 Å². The monoisotopic (exact) mass is 440 g/mol. The van der Waals surface area contributed by atoms with Crippen molar-refractivity contribution < 1.29 is 14.3 Å². The molecule has 1 aliphatic rings. The van der Waals surface area contributed by atoms with Crippen LogP contribution in [-0.4, -0.2) is 69.3 Å². The molecule has 1 aliphatic heterocycles. The third kappa shape index (κ3) is 4.75. The standard InChI is InChI=1S/C23H28N4O3S/c1-16-5-4-6-20-21(16)25-23(31-20)27-13-11-26(12-14-27)10-9-24-22(28)17-7-8-18(29-2)19(15-17)30-3/h4-8,15H,9-14H2,1-3H3,(H,24,28). The molecule has 164 valence electrons. The summed E-state index contributed by atoms with van der Waals surface area (Å²) in [6.07, 6.45) is 0. The maximum atomic E-state index is 12.5. The molecule has 1 aromatic heterocycles. The summed E-state index contributed by atoms with van der Waals surface area (Å²) < 4.78 is 11.7. The number of benzene rings is 2. The number of carbonyl (C=O) groups is 1. The Balaban J connectivity index is 1.26. The number of anilines is 1. The number of aryl methyl sites for hydroxylation is 1. The van der Waals surface area contributed by atoms with Gasteiger partial charge < -0.3 is 19.7 Å². The van der Waals surface area contributed by atoms with Crippen LogP contribution >= 0.6 is 11.3 Å². The molecule has 4 rings (SSSR count). The van der Waals surface area contributed by atoms with E-state index in [0.717, 1.165) is 43.4 Å². The summed E-state index contributed by atoms with van der Waals surface area (Å²) in [5, 5.41) is 4.10. The molecule has 1 amide bonds. The zero-order valence-electron chi connectivity index (χ0n) is 18.2. The number of methoxy groups -OCH3 is 2. The van der Waals surface area contributed by atoms with E-state index in [1.165, 1.54) is 10.3 Å². The van der Waals surface area contributed by atoms with Gasteiger partial charge in [-0.15, -0.1) is 0 Å². The Morgan fingerprint density at radius 2 is 1.87 bits per heavy atom. The molecule has 0 atom stereocenters. The number of nitrogens with one attached hydrogen (secondary N) is 1. The molecule has 2 aromatic carbocycles. The number of fused-ring (bicyclic) bond motifs is 1. The molecule has 31 heavy (non-hydrogen) atoms. The van der Waals surface area contributed by atoms with E-state index in [9.17, 15) is 4.79 Å². The number of ether oxygens (including phenoxy) is 2. The van der Waals surface area contributed by atoms with Crippen molar-refractivity contribution in [3.63, 3.8) is 0 Å². The van der Waals surface area contributed by atoms with Crippen molar-refractivity contribution >= 4 is 32.6 Å². The number of aromatic nitrogens is 1. The fraction of sp³-hybridized carbons (Fsp3) is 0.391. The van der Waals surface area contributed by atoms with Crippen molar-refractivity contribution in [2.45, 2.75) is 6.92 Å². The quantitative estimate of drug-likeness (QED) is 0.609. The molecule has 0 aliphatic carbocycles. The average molecular weight is 441 g/mol. The van der Waals surface area contributed by atoms with Gasteiger partial charge in [-0.3, -0.25) is 9.69 Å². The first kappa shape index (κ1) is 21.4. The van der Waals surface area contributed by atoms with Gasteiger partial charge in [0.15, 0.2) is 16.6 Å². The van der Waals surface area contributed by atoms with Crippen LogP contribution < -0.4 is 19.7 Å². The second-order valence-electron chi connectivity index (χ2n) is 7.57. The Hall–Kier alpha value is -2.84. The number of hydrogen-bond acceptors (Lipinski definition) is 7. The predicted octanol–water partition coefficient (Wildman–Crippen LogP) is 3.17. The number of carbonyl (C=O) groups excluding carboxylic acids is 1. The number of thiazole rings is 1. The summed E-state index contributed by atoms with van der Waals surface area (Å²) in [4.78, 5) is 22.1. The van der Waals surface area contributed by atoms with Crippen LogP contribution in [-0.2, 0) is 0 Å². The van der Waals surface area contributed by atoms with Crippen molar-refractivity contribution in [1.29, 1.82) is 0 Å². The molecule has 0 unspecified atom stereocenters. The van der Waals surface area contributed by atoms with Gasteiger partial charge in [-0.1, -0.05) is 23.5 Å². The first-order valence-corrected chi connectivity index (χ1v) is 11.2. The molecule has 1 fully saturated rings. The van der Waals surface area contributed by atoms with E-state index >= 15 is 0 Å². The van der Waals surface area contributed by atoms with Gasteiger partial charge in [-0.05, 0) is 36.8 Å². The molecule has 7 nitrogen and oxygen atoms in total. The maximum absolute atomic E-state index is 12.5. The highest BCUT2D eigenvalue weighted by Gasteiger charge is 2.20. The lowest BCUT2D eigenvalue weighted by Crippen LogP contribution is -2.48. The second kappa shape index (κ2) is 9.53. The first-order chi connectivity index (χ1) is 15.1. The van der Waals surface area contributed by atoms with Gasteiger partial charge >= 0.3 is 0 Å².